The molecule has 1 aromatic carbocycles. The molecule has 9 nitrogen and oxygen atoms in total. The molecule has 0 saturated heterocycles. The molecule has 5 rings (SSSR count). The zero-order valence-electron chi connectivity index (χ0n) is 21.2. The highest BCUT2D eigenvalue weighted by molar-refractivity contribution is 6.03. The largest absolute Gasteiger partial charge is 0.494 e. The summed E-state index contributed by atoms with van der Waals surface area (Å²) in [4.78, 5) is 32.0. The summed E-state index contributed by atoms with van der Waals surface area (Å²) in [5.41, 5.74) is 5.62. The fourth-order valence-corrected chi connectivity index (χ4v) is 4.38. The number of halogens is 1. The molecule has 1 amide bonds. The first-order chi connectivity index (χ1) is 18.5. The first-order valence-corrected chi connectivity index (χ1v) is 12.2. The number of hydrogen-bond donors (Lipinski definition) is 1. The normalized spacial score (nSPS) is 14.6. The summed E-state index contributed by atoms with van der Waals surface area (Å²) in [6.07, 6.45) is 5.49. The number of pyridine rings is 2. The predicted octanol–water partition coefficient (Wildman–Crippen LogP) is 4.95. The van der Waals surface area contributed by atoms with Gasteiger partial charge in [-0.15, -0.1) is 0 Å². The number of benzene rings is 1. The number of hydrogen-bond acceptors (Lipinski definition) is 8. The van der Waals surface area contributed by atoms with E-state index in [0.717, 1.165) is 22.4 Å². The van der Waals surface area contributed by atoms with Crippen molar-refractivity contribution in [1.29, 1.82) is 0 Å². The Morgan fingerprint density at radius 2 is 2.05 bits per heavy atom. The van der Waals surface area contributed by atoms with Crippen molar-refractivity contribution < 1.29 is 23.2 Å². The van der Waals surface area contributed by atoms with Crippen LogP contribution < -0.4 is 10.1 Å². The number of nitrogens with zero attached hydrogens (tertiary/aromatic N) is 4. The second-order valence-corrected chi connectivity index (χ2v) is 8.80. The van der Waals surface area contributed by atoms with Gasteiger partial charge in [0.05, 0.1) is 19.0 Å². The number of oxazole rings is 1. The minimum atomic E-state index is -0.454. The maximum Gasteiger partial charge on any atom is 0.251 e. The number of nitrogens with one attached hydrogen (secondary N) is 1. The molecule has 0 saturated carbocycles. The number of aromatic nitrogens is 3. The van der Waals surface area contributed by atoms with Gasteiger partial charge in [-0.1, -0.05) is 24.2 Å². The Morgan fingerprint density at radius 1 is 1.18 bits per heavy atom. The topological polar surface area (TPSA) is 112 Å². The molecular weight excluding hydrogens is 489 g/mol. The van der Waals surface area contributed by atoms with Gasteiger partial charge in [0.1, 0.15) is 11.4 Å². The van der Waals surface area contributed by atoms with Gasteiger partial charge in [-0.05, 0) is 48.7 Å². The maximum absolute atomic E-state index is 13.7. The lowest BCUT2D eigenvalue weighted by atomic mass is 9.98. The number of rotatable bonds is 8. The van der Waals surface area contributed by atoms with Crippen LogP contribution in [0.3, 0.4) is 0 Å². The van der Waals surface area contributed by atoms with Gasteiger partial charge in [0.25, 0.3) is 5.91 Å². The molecule has 4 aromatic rings. The van der Waals surface area contributed by atoms with E-state index in [9.17, 15) is 9.18 Å². The molecular formula is C28H26FN5O4. The average Bonchev–Trinajstić information content (AvgIpc) is 3.65. The first kappa shape index (κ1) is 25.1. The molecule has 0 aliphatic carbocycles. The number of oxime groups is 1. The van der Waals surface area contributed by atoms with Crippen LogP contribution in [-0.2, 0) is 17.8 Å². The van der Waals surface area contributed by atoms with Gasteiger partial charge in [-0.3, -0.25) is 14.8 Å². The third kappa shape index (κ3) is 5.10. The Labute approximate surface area is 218 Å². The van der Waals surface area contributed by atoms with E-state index in [4.69, 9.17) is 19.0 Å². The van der Waals surface area contributed by atoms with Crippen molar-refractivity contribution in [3.63, 3.8) is 0 Å². The number of methoxy groups -OCH3 is 1. The quantitative estimate of drug-likeness (QED) is 0.354. The molecule has 1 aliphatic heterocycles. The summed E-state index contributed by atoms with van der Waals surface area (Å²) in [6.45, 7) is 4.08. The van der Waals surface area contributed by atoms with Crippen molar-refractivity contribution in [3.05, 3.63) is 94.6 Å². The zero-order valence-corrected chi connectivity index (χ0v) is 21.2. The SMILES string of the molecule is CCc1c(C(=O)NCc2ccc(F)c(OC)c2)cc(C2=NOC(c3ccc(-c4cnco4)nc3)C2)nc1C. The smallest absolute Gasteiger partial charge is 0.251 e. The van der Waals surface area contributed by atoms with E-state index in [1.165, 1.54) is 19.6 Å². The molecule has 10 heteroatoms. The minimum Gasteiger partial charge on any atom is -0.494 e. The van der Waals surface area contributed by atoms with Crippen LogP contribution >= 0.6 is 0 Å². The molecule has 194 valence electrons. The molecule has 4 heterocycles. The summed E-state index contributed by atoms with van der Waals surface area (Å²) in [7, 11) is 1.40. The Hall–Kier alpha value is -4.60. The van der Waals surface area contributed by atoms with Crippen LogP contribution in [-0.4, -0.2) is 33.7 Å². The van der Waals surface area contributed by atoms with Gasteiger partial charge in [0.2, 0.25) is 0 Å². The Bertz CT molecular complexity index is 1490. The van der Waals surface area contributed by atoms with Crippen LogP contribution in [0, 0.1) is 12.7 Å². The van der Waals surface area contributed by atoms with Crippen molar-refractivity contribution in [2.75, 3.05) is 7.11 Å². The van der Waals surface area contributed by atoms with Gasteiger partial charge in [-0.2, -0.15) is 0 Å². The van der Waals surface area contributed by atoms with E-state index in [1.807, 2.05) is 26.0 Å². The molecule has 1 N–H and O–H groups in total. The van der Waals surface area contributed by atoms with Gasteiger partial charge < -0.3 is 19.3 Å². The average molecular weight is 516 g/mol. The fourth-order valence-electron chi connectivity index (χ4n) is 4.38. The second kappa shape index (κ2) is 10.8. The Kier molecular flexibility index (Phi) is 7.12. The maximum atomic E-state index is 13.7. The van der Waals surface area contributed by atoms with Crippen LogP contribution in [0.15, 0.2) is 64.8 Å². The highest BCUT2D eigenvalue weighted by Crippen LogP contribution is 2.30. The summed E-state index contributed by atoms with van der Waals surface area (Å²) in [5.74, 6) is 0.00959. The van der Waals surface area contributed by atoms with Crippen LogP contribution in [0.25, 0.3) is 11.5 Å². The lowest BCUT2D eigenvalue weighted by molar-refractivity contribution is 0.0855. The van der Waals surface area contributed by atoms with Gasteiger partial charge in [0, 0.05) is 36.0 Å². The van der Waals surface area contributed by atoms with Crippen molar-refractivity contribution in [2.24, 2.45) is 5.16 Å². The summed E-state index contributed by atoms with van der Waals surface area (Å²) in [5, 5.41) is 7.19. The lowest BCUT2D eigenvalue weighted by Gasteiger charge is -2.14. The van der Waals surface area contributed by atoms with E-state index in [-0.39, 0.29) is 24.3 Å². The summed E-state index contributed by atoms with van der Waals surface area (Å²) in [6, 6.07) is 10.0. The van der Waals surface area contributed by atoms with Crippen molar-refractivity contribution in [2.45, 2.75) is 39.3 Å². The van der Waals surface area contributed by atoms with Crippen LogP contribution in [0.2, 0.25) is 0 Å². The number of amides is 1. The molecule has 0 radical (unpaired) electrons. The molecule has 0 spiro atoms. The number of carbonyl (C=O) groups excluding carboxylic acids is 1. The molecule has 38 heavy (non-hydrogen) atoms. The third-order valence-corrected chi connectivity index (χ3v) is 6.41. The monoisotopic (exact) mass is 515 g/mol. The van der Waals surface area contributed by atoms with E-state index in [2.05, 4.69) is 20.4 Å². The molecule has 1 atom stereocenters. The predicted molar refractivity (Wildman–Crippen MR) is 137 cm³/mol. The lowest BCUT2D eigenvalue weighted by Crippen LogP contribution is -2.25. The first-order valence-electron chi connectivity index (χ1n) is 12.2. The van der Waals surface area contributed by atoms with E-state index in [0.29, 0.717) is 41.3 Å². The Morgan fingerprint density at radius 3 is 2.76 bits per heavy atom. The molecule has 0 fully saturated rings. The van der Waals surface area contributed by atoms with Crippen molar-refractivity contribution >= 4 is 11.6 Å². The van der Waals surface area contributed by atoms with Gasteiger partial charge in [-0.25, -0.2) is 9.37 Å². The molecule has 0 bridgehead atoms. The third-order valence-electron chi connectivity index (χ3n) is 6.41. The fraction of sp³-hybridized carbons (Fsp3) is 0.250. The minimum absolute atomic E-state index is 0.129. The van der Waals surface area contributed by atoms with E-state index in [1.54, 1.807) is 30.6 Å². The Balaban J connectivity index is 1.31. The van der Waals surface area contributed by atoms with E-state index < -0.39 is 5.82 Å². The highest BCUT2D eigenvalue weighted by atomic mass is 19.1. The van der Waals surface area contributed by atoms with Crippen molar-refractivity contribution in [3.8, 4) is 17.2 Å². The highest BCUT2D eigenvalue weighted by Gasteiger charge is 2.27. The summed E-state index contributed by atoms with van der Waals surface area (Å²) >= 11 is 0. The zero-order chi connectivity index (χ0) is 26.6. The standard InChI is InChI=1S/C28H26FN5O4/c1-4-19-16(2)33-23(10-20(19)28(35)32-12-17-5-7-21(29)26(9-17)36-3)24-11-25(38-34-24)18-6-8-22(31-13-18)27-14-30-15-37-27/h5-10,13-15,25H,4,11-12H2,1-3H3,(H,32,35). The van der Waals surface area contributed by atoms with Crippen LogP contribution in [0.1, 0.15) is 57.9 Å². The van der Waals surface area contributed by atoms with Crippen molar-refractivity contribution in [1.82, 2.24) is 20.3 Å². The molecule has 3 aromatic heterocycles. The second-order valence-electron chi connectivity index (χ2n) is 8.80. The van der Waals surface area contributed by atoms with Gasteiger partial charge >= 0.3 is 0 Å². The molecule has 1 aliphatic rings. The molecule has 1 unspecified atom stereocenters. The van der Waals surface area contributed by atoms with Gasteiger partial charge in [0.15, 0.2) is 29.8 Å². The number of carbonyl (C=O) groups is 1. The summed E-state index contributed by atoms with van der Waals surface area (Å²) < 4.78 is 24.1. The number of aryl methyl sites for hydroxylation is 1. The van der Waals surface area contributed by atoms with E-state index >= 15 is 0 Å². The number of ether oxygens (including phenoxy) is 1. The van der Waals surface area contributed by atoms with Crippen LogP contribution in [0.4, 0.5) is 4.39 Å². The van der Waals surface area contributed by atoms with Crippen LogP contribution in [0.5, 0.6) is 5.75 Å².